The summed E-state index contributed by atoms with van der Waals surface area (Å²) in [6, 6.07) is 0.322. The lowest BCUT2D eigenvalue weighted by Crippen LogP contribution is -2.26. The van der Waals surface area contributed by atoms with Gasteiger partial charge >= 0.3 is 0 Å². The predicted molar refractivity (Wildman–Crippen MR) is 86.7 cm³/mol. The maximum atomic E-state index is 12.8. The Balaban J connectivity index is 1.85. The van der Waals surface area contributed by atoms with Crippen LogP contribution >= 0.6 is 11.3 Å². The number of hydrogen-bond donors (Lipinski definition) is 1. The molecule has 4 rings (SSSR count). The van der Waals surface area contributed by atoms with Crippen LogP contribution in [-0.2, 0) is 13.0 Å². The molecule has 1 amide bonds. The zero-order valence-electron chi connectivity index (χ0n) is 12.6. The van der Waals surface area contributed by atoms with Crippen molar-refractivity contribution in [2.75, 3.05) is 0 Å². The van der Waals surface area contributed by atoms with E-state index < -0.39 is 0 Å². The van der Waals surface area contributed by atoms with Gasteiger partial charge in [-0.25, -0.2) is 4.98 Å². The molecular weight excluding hydrogens is 298 g/mol. The number of fused-ring (bicyclic) bond motifs is 2. The minimum absolute atomic E-state index is 0.0288. The number of rotatable bonds is 2. The van der Waals surface area contributed by atoms with E-state index in [1.807, 2.05) is 11.5 Å². The van der Waals surface area contributed by atoms with Crippen LogP contribution < -0.4 is 10.9 Å². The summed E-state index contributed by atoms with van der Waals surface area (Å²) < 4.78 is 1.82. The lowest BCUT2D eigenvalue weighted by molar-refractivity contribution is 0.0954. The summed E-state index contributed by atoms with van der Waals surface area (Å²) in [4.78, 5) is 31.2. The number of amides is 1. The van der Waals surface area contributed by atoms with Gasteiger partial charge in [-0.05, 0) is 38.2 Å². The maximum Gasteiger partial charge on any atom is 0.262 e. The average molecular weight is 317 g/mol. The zero-order valence-corrected chi connectivity index (χ0v) is 13.5. The van der Waals surface area contributed by atoms with E-state index in [9.17, 15) is 9.59 Å². The molecule has 5 nitrogen and oxygen atoms in total. The van der Waals surface area contributed by atoms with Crippen LogP contribution in [0.5, 0.6) is 0 Å². The highest BCUT2D eigenvalue weighted by Gasteiger charge is 2.27. The van der Waals surface area contributed by atoms with Gasteiger partial charge in [-0.3, -0.25) is 14.2 Å². The van der Waals surface area contributed by atoms with Gasteiger partial charge in [-0.1, -0.05) is 6.42 Å². The highest BCUT2D eigenvalue weighted by Crippen LogP contribution is 2.29. The fraction of sp³-hybridized carbons (Fsp3) is 0.562. The molecule has 1 fully saturated rings. The number of nitrogens with zero attached hydrogens (tertiary/aromatic N) is 2. The molecule has 22 heavy (non-hydrogen) atoms. The van der Waals surface area contributed by atoms with Gasteiger partial charge in [0, 0.05) is 19.0 Å². The van der Waals surface area contributed by atoms with Crippen LogP contribution in [0.2, 0.25) is 0 Å². The van der Waals surface area contributed by atoms with Crippen molar-refractivity contribution in [1.82, 2.24) is 14.9 Å². The van der Waals surface area contributed by atoms with E-state index in [-0.39, 0.29) is 11.5 Å². The standard InChI is InChI=1S/C16H19N3O2S/c1-9-12-15(22-13(9)14(20)17-10-6-7-10)18-11-5-3-2-4-8-19(11)16(12)21/h10H,2-8H2,1H3,(H,17,20). The number of carbonyl (C=O) groups excluding carboxylic acids is 1. The monoisotopic (exact) mass is 317 g/mol. The highest BCUT2D eigenvalue weighted by atomic mass is 32.1. The summed E-state index contributed by atoms with van der Waals surface area (Å²) in [5, 5.41) is 3.64. The second kappa shape index (κ2) is 5.19. The molecule has 0 radical (unpaired) electrons. The van der Waals surface area contributed by atoms with E-state index in [0.29, 0.717) is 16.3 Å². The molecule has 1 aliphatic carbocycles. The SMILES string of the molecule is Cc1c(C(=O)NC2CC2)sc2nc3n(c(=O)c12)CCCCC3. The molecule has 0 atom stereocenters. The van der Waals surface area contributed by atoms with E-state index >= 15 is 0 Å². The molecule has 0 saturated heterocycles. The van der Waals surface area contributed by atoms with Crippen LogP contribution in [0.4, 0.5) is 0 Å². The smallest absolute Gasteiger partial charge is 0.262 e. The van der Waals surface area contributed by atoms with Gasteiger partial charge in [0.2, 0.25) is 0 Å². The van der Waals surface area contributed by atoms with Gasteiger partial charge < -0.3 is 5.32 Å². The molecule has 6 heteroatoms. The van der Waals surface area contributed by atoms with Crippen LogP contribution in [-0.4, -0.2) is 21.5 Å². The summed E-state index contributed by atoms with van der Waals surface area (Å²) in [5.74, 6) is 0.827. The Bertz CT molecular complexity index is 817. The molecule has 0 spiro atoms. The lowest BCUT2D eigenvalue weighted by atomic mass is 10.2. The van der Waals surface area contributed by atoms with E-state index in [1.165, 1.54) is 11.3 Å². The third-order valence-corrected chi connectivity index (χ3v) is 5.71. The van der Waals surface area contributed by atoms with Crippen molar-refractivity contribution < 1.29 is 4.79 Å². The molecule has 2 aliphatic rings. The first-order valence-corrected chi connectivity index (χ1v) is 8.80. The summed E-state index contributed by atoms with van der Waals surface area (Å²) in [7, 11) is 0. The lowest BCUT2D eigenvalue weighted by Gasteiger charge is -2.08. The molecule has 0 bridgehead atoms. The molecule has 2 aromatic rings. The number of hydrogen-bond acceptors (Lipinski definition) is 4. The van der Waals surface area contributed by atoms with Gasteiger partial charge in [-0.2, -0.15) is 0 Å². The minimum Gasteiger partial charge on any atom is -0.349 e. The van der Waals surface area contributed by atoms with Crippen LogP contribution in [0.1, 0.15) is 53.2 Å². The first-order valence-electron chi connectivity index (χ1n) is 7.99. The summed E-state index contributed by atoms with van der Waals surface area (Å²) in [5.41, 5.74) is 0.816. The quantitative estimate of drug-likeness (QED) is 0.925. The fourth-order valence-electron chi connectivity index (χ4n) is 3.11. The summed E-state index contributed by atoms with van der Waals surface area (Å²) >= 11 is 1.36. The largest absolute Gasteiger partial charge is 0.349 e. The third-order valence-electron chi connectivity index (χ3n) is 4.53. The second-order valence-corrected chi connectivity index (χ2v) is 7.28. The van der Waals surface area contributed by atoms with E-state index in [4.69, 9.17) is 4.98 Å². The topological polar surface area (TPSA) is 64.0 Å². The molecule has 0 unspecified atom stereocenters. The van der Waals surface area contributed by atoms with E-state index in [1.54, 1.807) is 0 Å². The highest BCUT2D eigenvalue weighted by molar-refractivity contribution is 7.20. The Morgan fingerprint density at radius 1 is 1.32 bits per heavy atom. The second-order valence-electron chi connectivity index (χ2n) is 6.28. The fourth-order valence-corrected chi connectivity index (χ4v) is 4.20. The minimum atomic E-state index is -0.0532. The van der Waals surface area contributed by atoms with Gasteiger partial charge in [0.05, 0.1) is 10.3 Å². The first kappa shape index (κ1) is 13.9. The molecule has 3 heterocycles. The molecule has 1 saturated carbocycles. The average Bonchev–Trinajstić information content (AvgIpc) is 3.26. The van der Waals surface area contributed by atoms with Crippen molar-refractivity contribution in [2.24, 2.45) is 0 Å². The Morgan fingerprint density at radius 3 is 2.91 bits per heavy atom. The van der Waals surface area contributed by atoms with Crippen molar-refractivity contribution in [3.8, 4) is 0 Å². The summed E-state index contributed by atoms with van der Waals surface area (Å²) in [6.45, 7) is 2.61. The van der Waals surface area contributed by atoms with Crippen LogP contribution in [0.25, 0.3) is 10.2 Å². The zero-order chi connectivity index (χ0) is 15.3. The number of nitrogens with one attached hydrogen (secondary N) is 1. The van der Waals surface area contributed by atoms with Crippen LogP contribution in [0.15, 0.2) is 4.79 Å². The third kappa shape index (κ3) is 2.26. The van der Waals surface area contributed by atoms with Crippen molar-refractivity contribution in [3.63, 3.8) is 0 Å². The molecule has 2 aromatic heterocycles. The maximum absolute atomic E-state index is 12.8. The van der Waals surface area contributed by atoms with E-state index in [0.717, 1.165) is 61.3 Å². The molecule has 1 aliphatic heterocycles. The van der Waals surface area contributed by atoms with Crippen LogP contribution in [0, 0.1) is 6.92 Å². The number of aromatic nitrogens is 2. The Morgan fingerprint density at radius 2 is 2.14 bits per heavy atom. The van der Waals surface area contributed by atoms with E-state index in [2.05, 4.69) is 5.32 Å². The molecular formula is C16H19N3O2S. The van der Waals surface area contributed by atoms with Crippen molar-refractivity contribution >= 4 is 27.5 Å². The predicted octanol–water partition coefficient (Wildman–Crippen LogP) is 2.39. The van der Waals surface area contributed by atoms with Gasteiger partial charge in [0.25, 0.3) is 11.5 Å². The normalized spacial score (nSPS) is 18.0. The Hall–Kier alpha value is -1.69. The first-order chi connectivity index (χ1) is 10.6. The van der Waals surface area contributed by atoms with Gasteiger partial charge in [0.1, 0.15) is 10.7 Å². The van der Waals surface area contributed by atoms with Gasteiger partial charge in [0.15, 0.2) is 0 Å². The summed E-state index contributed by atoms with van der Waals surface area (Å²) in [6.07, 6.45) is 6.22. The van der Waals surface area contributed by atoms with Crippen molar-refractivity contribution in [1.29, 1.82) is 0 Å². The Labute approximate surface area is 132 Å². The number of aryl methyl sites for hydroxylation is 2. The van der Waals surface area contributed by atoms with Gasteiger partial charge in [-0.15, -0.1) is 11.3 Å². The van der Waals surface area contributed by atoms with Crippen molar-refractivity contribution in [2.45, 2.75) is 58.0 Å². The van der Waals surface area contributed by atoms with Crippen LogP contribution in [0.3, 0.4) is 0 Å². The Kier molecular flexibility index (Phi) is 3.29. The molecule has 116 valence electrons. The molecule has 0 aromatic carbocycles. The molecule has 1 N–H and O–H groups in total. The van der Waals surface area contributed by atoms with Crippen molar-refractivity contribution in [3.05, 3.63) is 26.6 Å². The number of thiophene rings is 1. The number of carbonyl (C=O) groups is 1.